The summed E-state index contributed by atoms with van der Waals surface area (Å²) in [5.74, 6) is 1.05. The Morgan fingerprint density at radius 1 is 1.47 bits per heavy atom. The van der Waals surface area contributed by atoms with Gasteiger partial charge in [-0.1, -0.05) is 15.9 Å². The normalized spacial score (nSPS) is 17.2. The third-order valence-electron chi connectivity index (χ3n) is 2.80. The lowest BCUT2D eigenvalue weighted by atomic mass is 10.0. The summed E-state index contributed by atoms with van der Waals surface area (Å²) in [7, 11) is 1.97. The first-order valence-electron chi connectivity index (χ1n) is 5.67. The van der Waals surface area contributed by atoms with E-state index in [1.54, 1.807) is 0 Å². The van der Waals surface area contributed by atoms with Crippen LogP contribution < -0.4 is 5.32 Å². The summed E-state index contributed by atoms with van der Waals surface area (Å²) in [6, 6.07) is 6.49. The highest BCUT2D eigenvalue weighted by Gasteiger charge is 2.20. The van der Waals surface area contributed by atoms with Gasteiger partial charge in [-0.2, -0.15) is 0 Å². The van der Waals surface area contributed by atoms with Gasteiger partial charge < -0.3 is 10.1 Å². The van der Waals surface area contributed by atoms with Crippen molar-refractivity contribution < 1.29 is 4.74 Å². The van der Waals surface area contributed by atoms with E-state index in [0.29, 0.717) is 0 Å². The van der Waals surface area contributed by atoms with Gasteiger partial charge in [0.05, 0.1) is 12.6 Å². The van der Waals surface area contributed by atoms with Crippen LogP contribution in [0.25, 0.3) is 0 Å². The molecule has 2 rings (SSSR count). The Balaban J connectivity index is 2.34. The maximum atomic E-state index is 5.76. The minimum absolute atomic E-state index is 0.152. The Morgan fingerprint density at radius 2 is 2.29 bits per heavy atom. The number of likely N-dealkylation sites (N-methyl/N-ethyl adjacent to an activating group) is 1. The van der Waals surface area contributed by atoms with Gasteiger partial charge in [0.2, 0.25) is 0 Å². The summed E-state index contributed by atoms with van der Waals surface area (Å²) in [4.78, 5) is 0. The zero-order chi connectivity index (χ0) is 12.3. The fraction of sp³-hybridized carbons (Fsp3) is 0.385. The van der Waals surface area contributed by atoms with Gasteiger partial charge in [-0.05, 0) is 72.3 Å². The van der Waals surface area contributed by atoms with Gasteiger partial charge in [0.25, 0.3) is 0 Å². The third-order valence-corrected chi connectivity index (χ3v) is 4.28. The smallest absolute Gasteiger partial charge is 0.113 e. The zero-order valence-electron chi connectivity index (χ0n) is 9.67. The van der Waals surface area contributed by atoms with Crippen LogP contribution in [0.1, 0.15) is 24.4 Å². The summed E-state index contributed by atoms with van der Waals surface area (Å²) >= 11 is 5.89. The second kappa shape index (κ2) is 6.20. The van der Waals surface area contributed by atoms with Crippen molar-refractivity contribution in [2.24, 2.45) is 0 Å². The van der Waals surface area contributed by atoms with Crippen LogP contribution in [-0.2, 0) is 4.74 Å². The molecule has 17 heavy (non-hydrogen) atoms. The van der Waals surface area contributed by atoms with Crippen molar-refractivity contribution in [1.29, 1.82) is 0 Å². The summed E-state index contributed by atoms with van der Waals surface area (Å²) in [5.41, 5.74) is 1.26. The average molecular weight is 408 g/mol. The molecule has 0 saturated carbocycles. The molecule has 1 unspecified atom stereocenters. The number of ether oxygens (including phenoxy) is 1. The van der Waals surface area contributed by atoms with Gasteiger partial charge in [-0.25, -0.2) is 0 Å². The van der Waals surface area contributed by atoms with Crippen LogP contribution in [0.2, 0.25) is 0 Å². The van der Waals surface area contributed by atoms with Crippen molar-refractivity contribution in [1.82, 2.24) is 5.32 Å². The molecule has 1 N–H and O–H groups in total. The Bertz CT molecular complexity index is 433. The monoisotopic (exact) mass is 407 g/mol. The fourth-order valence-corrected chi connectivity index (χ4v) is 2.99. The Kier molecular flexibility index (Phi) is 4.87. The van der Waals surface area contributed by atoms with Gasteiger partial charge in [0, 0.05) is 8.04 Å². The third kappa shape index (κ3) is 3.23. The lowest BCUT2D eigenvalue weighted by molar-refractivity contribution is 0.169. The Hall–Kier alpha value is -0.0700. The molecule has 2 nitrogen and oxygen atoms in total. The molecule has 92 valence electrons. The van der Waals surface area contributed by atoms with Crippen LogP contribution in [0.4, 0.5) is 0 Å². The number of nitrogens with one attached hydrogen (secondary N) is 1. The predicted octanol–water partition coefficient (Wildman–Crippen LogP) is 4.01. The lowest BCUT2D eigenvalue weighted by Crippen LogP contribution is -2.22. The SMILES string of the molecule is CNC(C1=CCCCO1)c1cc(Br)ccc1I. The highest BCUT2D eigenvalue weighted by Crippen LogP contribution is 2.30. The van der Waals surface area contributed by atoms with E-state index in [4.69, 9.17) is 4.74 Å². The molecular formula is C13H15BrINO. The molecule has 0 spiro atoms. The molecule has 0 aromatic heterocycles. The Morgan fingerprint density at radius 3 is 2.94 bits per heavy atom. The molecule has 4 heteroatoms. The number of allylic oxidation sites excluding steroid dienone is 1. The first-order chi connectivity index (χ1) is 8.22. The molecule has 0 saturated heterocycles. The van der Waals surface area contributed by atoms with Crippen molar-refractivity contribution in [3.63, 3.8) is 0 Å². The van der Waals surface area contributed by atoms with Crippen molar-refractivity contribution >= 4 is 38.5 Å². The van der Waals surface area contributed by atoms with Gasteiger partial charge in [0.1, 0.15) is 5.76 Å². The average Bonchev–Trinajstić information content (AvgIpc) is 2.36. The van der Waals surface area contributed by atoms with Crippen molar-refractivity contribution in [2.75, 3.05) is 13.7 Å². The molecule has 1 aliphatic rings. The molecule has 1 aliphatic heterocycles. The minimum Gasteiger partial charge on any atom is -0.496 e. The van der Waals surface area contributed by atoms with Gasteiger partial charge in [0.15, 0.2) is 0 Å². The number of rotatable bonds is 3. The number of hydrogen-bond acceptors (Lipinski definition) is 2. The molecule has 0 amide bonds. The first-order valence-corrected chi connectivity index (χ1v) is 7.54. The molecule has 1 aromatic rings. The molecule has 1 atom stereocenters. The lowest BCUT2D eigenvalue weighted by Gasteiger charge is -2.24. The number of benzene rings is 1. The van der Waals surface area contributed by atoms with Crippen molar-refractivity contribution in [2.45, 2.75) is 18.9 Å². The van der Waals surface area contributed by atoms with E-state index in [1.165, 1.54) is 9.13 Å². The molecule has 0 fully saturated rings. The quantitative estimate of drug-likeness (QED) is 0.764. The van der Waals surface area contributed by atoms with Crippen LogP contribution in [0.3, 0.4) is 0 Å². The van der Waals surface area contributed by atoms with E-state index >= 15 is 0 Å². The summed E-state index contributed by atoms with van der Waals surface area (Å²) in [6.07, 6.45) is 4.43. The van der Waals surface area contributed by atoms with E-state index in [0.717, 1.165) is 29.7 Å². The van der Waals surface area contributed by atoms with Crippen LogP contribution in [0.15, 0.2) is 34.5 Å². The van der Waals surface area contributed by atoms with Crippen LogP contribution in [0.5, 0.6) is 0 Å². The Labute approximate surface area is 124 Å². The van der Waals surface area contributed by atoms with Crippen molar-refractivity contribution in [3.05, 3.63) is 43.6 Å². The molecular weight excluding hydrogens is 393 g/mol. The van der Waals surface area contributed by atoms with E-state index in [1.807, 2.05) is 7.05 Å². The van der Waals surface area contributed by atoms with Gasteiger partial charge in [-0.3, -0.25) is 0 Å². The fourth-order valence-electron chi connectivity index (χ4n) is 1.96. The first kappa shape index (κ1) is 13.4. The standard InChI is InChI=1S/C13H15BrINO/c1-16-13(12-4-2-3-7-17-12)10-8-9(14)5-6-11(10)15/h4-6,8,13,16H,2-3,7H2,1H3. The van der Waals surface area contributed by atoms with Crippen LogP contribution >= 0.6 is 38.5 Å². The number of hydrogen-bond donors (Lipinski definition) is 1. The second-order valence-electron chi connectivity index (χ2n) is 3.98. The van der Waals surface area contributed by atoms with Crippen LogP contribution in [-0.4, -0.2) is 13.7 Å². The minimum atomic E-state index is 0.152. The predicted molar refractivity (Wildman–Crippen MR) is 81.9 cm³/mol. The topological polar surface area (TPSA) is 21.3 Å². The molecule has 0 aliphatic carbocycles. The summed E-state index contributed by atoms with van der Waals surface area (Å²) in [5, 5.41) is 3.34. The van der Waals surface area contributed by atoms with E-state index in [9.17, 15) is 0 Å². The molecule has 1 heterocycles. The van der Waals surface area contributed by atoms with Crippen molar-refractivity contribution in [3.8, 4) is 0 Å². The molecule has 0 bridgehead atoms. The van der Waals surface area contributed by atoms with E-state index < -0.39 is 0 Å². The highest BCUT2D eigenvalue weighted by molar-refractivity contribution is 14.1. The highest BCUT2D eigenvalue weighted by atomic mass is 127. The summed E-state index contributed by atoms with van der Waals surface area (Å²) in [6.45, 7) is 0.828. The molecule has 0 radical (unpaired) electrons. The van der Waals surface area contributed by atoms with Gasteiger partial charge in [-0.15, -0.1) is 0 Å². The number of halogens is 2. The van der Waals surface area contributed by atoms with E-state index in [-0.39, 0.29) is 6.04 Å². The van der Waals surface area contributed by atoms with Crippen LogP contribution in [0, 0.1) is 3.57 Å². The van der Waals surface area contributed by atoms with Gasteiger partial charge >= 0.3 is 0 Å². The second-order valence-corrected chi connectivity index (χ2v) is 6.06. The summed E-state index contributed by atoms with van der Waals surface area (Å²) < 4.78 is 8.11. The molecule has 1 aromatic carbocycles. The zero-order valence-corrected chi connectivity index (χ0v) is 13.4. The maximum Gasteiger partial charge on any atom is 0.113 e. The largest absolute Gasteiger partial charge is 0.496 e. The van der Waals surface area contributed by atoms with E-state index in [2.05, 4.69) is 68.1 Å². The maximum absolute atomic E-state index is 5.76.